The fraction of sp³-hybridized carbons (Fsp3) is 0.750. The third kappa shape index (κ3) is 2.55. The number of fused-ring (bicyclic) bond motifs is 3. The zero-order chi connectivity index (χ0) is 15.9. The van der Waals surface area contributed by atoms with Crippen molar-refractivity contribution in [3.05, 3.63) is 23.3 Å². The van der Waals surface area contributed by atoms with Crippen molar-refractivity contribution >= 4 is 6.47 Å². The van der Waals surface area contributed by atoms with E-state index in [1.807, 2.05) is 0 Å². The number of hydrogen-bond acceptors (Lipinski definition) is 2. The maximum atomic E-state index is 11.0. The van der Waals surface area contributed by atoms with Gasteiger partial charge >= 0.3 is 0 Å². The van der Waals surface area contributed by atoms with Crippen molar-refractivity contribution in [1.82, 2.24) is 0 Å². The van der Waals surface area contributed by atoms with Gasteiger partial charge in [0.2, 0.25) is 0 Å². The van der Waals surface area contributed by atoms with Gasteiger partial charge < -0.3 is 4.74 Å². The highest BCUT2D eigenvalue weighted by atomic mass is 16.5. The Bertz CT molecular complexity index is 502. The molecule has 5 atom stereocenters. The lowest BCUT2D eigenvalue weighted by Crippen LogP contribution is -2.51. The Morgan fingerprint density at radius 3 is 2.82 bits per heavy atom. The van der Waals surface area contributed by atoms with Crippen LogP contribution in [-0.4, -0.2) is 12.1 Å². The van der Waals surface area contributed by atoms with Crippen molar-refractivity contribution in [2.24, 2.45) is 29.6 Å². The topological polar surface area (TPSA) is 26.3 Å². The quantitative estimate of drug-likeness (QED) is 0.693. The van der Waals surface area contributed by atoms with Gasteiger partial charge in [-0.15, -0.1) is 0 Å². The standard InChI is InChI=1S/C20H30O2/c1-13(2)15-5-7-17-16(11-15)6-8-18-19(17)14(3)9-10-20(18,4)22-12-21/h6,11-14,17-19H,5,7-10H2,1-4H3. The third-order valence-corrected chi connectivity index (χ3v) is 6.66. The van der Waals surface area contributed by atoms with Crippen LogP contribution in [-0.2, 0) is 9.53 Å². The maximum Gasteiger partial charge on any atom is 0.293 e. The van der Waals surface area contributed by atoms with E-state index in [4.69, 9.17) is 4.74 Å². The smallest absolute Gasteiger partial charge is 0.293 e. The van der Waals surface area contributed by atoms with Crippen molar-refractivity contribution in [2.45, 2.75) is 65.4 Å². The fourth-order valence-electron chi connectivity index (χ4n) is 5.26. The van der Waals surface area contributed by atoms with Crippen molar-refractivity contribution in [2.75, 3.05) is 0 Å². The molecule has 2 nitrogen and oxygen atoms in total. The van der Waals surface area contributed by atoms with Gasteiger partial charge in [-0.2, -0.15) is 0 Å². The van der Waals surface area contributed by atoms with Crippen LogP contribution in [0.15, 0.2) is 23.3 Å². The van der Waals surface area contributed by atoms with Crippen LogP contribution in [0.4, 0.5) is 0 Å². The van der Waals surface area contributed by atoms with Gasteiger partial charge in [-0.3, -0.25) is 4.79 Å². The Morgan fingerprint density at radius 2 is 2.14 bits per heavy atom. The van der Waals surface area contributed by atoms with Gasteiger partial charge in [0, 0.05) is 5.92 Å². The lowest BCUT2D eigenvalue weighted by Gasteiger charge is -2.53. The normalized spacial score (nSPS) is 41.1. The second-order valence-corrected chi connectivity index (χ2v) is 8.19. The van der Waals surface area contributed by atoms with Crippen molar-refractivity contribution in [1.29, 1.82) is 0 Å². The summed E-state index contributed by atoms with van der Waals surface area (Å²) in [5.74, 6) is 3.22. The zero-order valence-electron chi connectivity index (χ0n) is 14.5. The molecular weight excluding hydrogens is 272 g/mol. The van der Waals surface area contributed by atoms with Crippen LogP contribution in [0.25, 0.3) is 0 Å². The molecule has 2 heteroatoms. The Hall–Kier alpha value is -1.05. The van der Waals surface area contributed by atoms with Gasteiger partial charge in [0.25, 0.3) is 6.47 Å². The maximum absolute atomic E-state index is 11.0. The molecule has 0 aromatic heterocycles. The Balaban J connectivity index is 1.92. The van der Waals surface area contributed by atoms with Crippen molar-refractivity contribution in [3.63, 3.8) is 0 Å². The van der Waals surface area contributed by atoms with Crippen LogP contribution < -0.4 is 0 Å². The van der Waals surface area contributed by atoms with E-state index < -0.39 is 0 Å². The van der Waals surface area contributed by atoms with E-state index in [0.29, 0.717) is 30.1 Å². The molecule has 0 amide bonds. The van der Waals surface area contributed by atoms with E-state index in [0.717, 1.165) is 18.8 Å². The molecule has 22 heavy (non-hydrogen) atoms. The molecule has 3 aliphatic rings. The van der Waals surface area contributed by atoms with Gasteiger partial charge in [-0.05, 0) is 68.3 Å². The lowest BCUT2D eigenvalue weighted by molar-refractivity contribution is -0.161. The van der Waals surface area contributed by atoms with Gasteiger partial charge in [0.05, 0.1) is 0 Å². The first-order valence-electron chi connectivity index (χ1n) is 8.98. The number of hydrogen-bond donors (Lipinski definition) is 0. The lowest BCUT2D eigenvalue weighted by atomic mass is 9.54. The molecule has 0 N–H and O–H groups in total. The molecule has 0 radical (unpaired) electrons. The molecule has 1 fully saturated rings. The van der Waals surface area contributed by atoms with Crippen LogP contribution in [0.5, 0.6) is 0 Å². The first-order valence-corrected chi connectivity index (χ1v) is 8.98. The third-order valence-electron chi connectivity index (χ3n) is 6.66. The summed E-state index contributed by atoms with van der Waals surface area (Å²) in [5.41, 5.74) is 2.91. The van der Waals surface area contributed by atoms with Gasteiger partial charge in [-0.1, -0.05) is 38.5 Å². The number of allylic oxidation sites excluding steroid dienone is 4. The minimum absolute atomic E-state index is 0.261. The molecule has 0 saturated heterocycles. The molecule has 1 saturated carbocycles. The average molecular weight is 302 g/mol. The molecule has 5 unspecified atom stereocenters. The molecular formula is C20H30O2. The van der Waals surface area contributed by atoms with E-state index >= 15 is 0 Å². The number of carbonyl (C=O) groups is 1. The van der Waals surface area contributed by atoms with Gasteiger partial charge in [0.15, 0.2) is 0 Å². The van der Waals surface area contributed by atoms with Crippen LogP contribution in [0, 0.1) is 29.6 Å². The molecule has 3 rings (SSSR count). The number of rotatable bonds is 3. The van der Waals surface area contributed by atoms with Gasteiger partial charge in [-0.25, -0.2) is 0 Å². The highest BCUT2D eigenvalue weighted by Crippen LogP contribution is 2.54. The van der Waals surface area contributed by atoms with Crippen LogP contribution >= 0.6 is 0 Å². The van der Waals surface area contributed by atoms with Crippen LogP contribution in [0.1, 0.15) is 59.8 Å². The van der Waals surface area contributed by atoms with E-state index in [2.05, 4.69) is 39.8 Å². The monoisotopic (exact) mass is 302 g/mol. The largest absolute Gasteiger partial charge is 0.461 e. The van der Waals surface area contributed by atoms with E-state index in [1.165, 1.54) is 19.3 Å². The molecule has 0 aromatic rings. The Kier molecular flexibility index (Phi) is 4.22. The van der Waals surface area contributed by atoms with Crippen LogP contribution in [0.3, 0.4) is 0 Å². The van der Waals surface area contributed by atoms with Crippen molar-refractivity contribution < 1.29 is 9.53 Å². The van der Waals surface area contributed by atoms with Crippen LogP contribution in [0.2, 0.25) is 0 Å². The second kappa shape index (κ2) is 5.86. The first-order chi connectivity index (χ1) is 10.5. The predicted octanol–water partition coefficient (Wildman–Crippen LogP) is 4.90. The molecule has 0 heterocycles. The second-order valence-electron chi connectivity index (χ2n) is 8.19. The first kappa shape index (κ1) is 15.8. The number of carbonyl (C=O) groups excluding carboxylic acids is 1. The Morgan fingerprint density at radius 1 is 1.36 bits per heavy atom. The van der Waals surface area contributed by atoms with Gasteiger partial charge in [0.1, 0.15) is 5.60 Å². The van der Waals surface area contributed by atoms with Crippen molar-refractivity contribution in [3.8, 4) is 0 Å². The molecule has 0 aliphatic heterocycles. The Labute approximate surface area is 135 Å². The van der Waals surface area contributed by atoms with E-state index in [-0.39, 0.29) is 5.60 Å². The SMILES string of the molecule is CC(C)C1=CC2=CCC3C(C(C)CCC3(C)OC=O)C2CC1. The zero-order valence-corrected chi connectivity index (χ0v) is 14.5. The highest BCUT2D eigenvalue weighted by molar-refractivity contribution is 5.39. The molecule has 0 aromatic carbocycles. The summed E-state index contributed by atoms with van der Waals surface area (Å²) >= 11 is 0. The molecule has 122 valence electrons. The summed E-state index contributed by atoms with van der Waals surface area (Å²) in [6.45, 7) is 9.84. The molecule has 0 bridgehead atoms. The minimum Gasteiger partial charge on any atom is -0.461 e. The molecule has 3 aliphatic carbocycles. The summed E-state index contributed by atoms with van der Waals surface area (Å²) in [7, 11) is 0. The molecule has 0 spiro atoms. The highest BCUT2D eigenvalue weighted by Gasteiger charge is 2.51. The fourth-order valence-corrected chi connectivity index (χ4v) is 5.26. The number of ether oxygens (including phenoxy) is 1. The summed E-state index contributed by atoms with van der Waals surface area (Å²) in [4.78, 5) is 11.0. The van der Waals surface area contributed by atoms with E-state index in [9.17, 15) is 4.79 Å². The predicted molar refractivity (Wildman–Crippen MR) is 89.3 cm³/mol. The summed E-state index contributed by atoms with van der Waals surface area (Å²) < 4.78 is 5.60. The average Bonchev–Trinajstić information content (AvgIpc) is 2.50. The van der Waals surface area contributed by atoms with E-state index in [1.54, 1.807) is 11.1 Å². The summed E-state index contributed by atoms with van der Waals surface area (Å²) in [6, 6.07) is 0. The summed E-state index contributed by atoms with van der Waals surface area (Å²) in [5, 5.41) is 0. The summed E-state index contributed by atoms with van der Waals surface area (Å²) in [6.07, 6.45) is 10.7. The minimum atomic E-state index is -0.261.